The second-order valence-corrected chi connectivity index (χ2v) is 15.3. The monoisotopic (exact) mass is 679 g/mol. The van der Waals surface area contributed by atoms with Crippen LogP contribution in [0.2, 0.25) is 0 Å². The molecule has 14 heteroatoms. The fourth-order valence-electron chi connectivity index (χ4n) is 5.65. The molecule has 0 spiro atoms. The standard InChI is InChI=1S/C34H41N5O8S/c1-5-9-26(29(40)38-48(44,45)24-13-14-24)36-30(41)27-19-23-20-39(27)32(42)28(34(2,3)4)37-33(43)46-17-8-6-7-10-21-11-12-22-15-16-35-31(47-23)25(22)18-21/h5,11-12,15-16,18,23-24,26-28H,1,6,8-9,13-14,17,19-20H2,2-4H3,(H,36,41)(H,37,43)(H,38,40)/t23-,26?,27+,28-/m1/s1. The van der Waals surface area contributed by atoms with Crippen LogP contribution >= 0.6 is 0 Å². The third kappa shape index (κ3) is 8.25. The summed E-state index contributed by atoms with van der Waals surface area (Å²) in [5, 5.41) is 6.24. The quantitative estimate of drug-likeness (QED) is 0.294. The minimum Gasteiger partial charge on any atom is -0.472 e. The van der Waals surface area contributed by atoms with E-state index in [1.807, 2.05) is 24.3 Å². The average Bonchev–Trinajstić information content (AvgIpc) is 3.81. The highest BCUT2D eigenvalue weighted by Gasteiger charge is 2.47. The van der Waals surface area contributed by atoms with Gasteiger partial charge in [0.2, 0.25) is 27.7 Å². The molecule has 1 saturated carbocycles. The summed E-state index contributed by atoms with van der Waals surface area (Å²) in [6.45, 7) is 9.02. The minimum atomic E-state index is -3.87. The maximum atomic E-state index is 14.3. The van der Waals surface area contributed by atoms with E-state index in [0.717, 1.165) is 10.9 Å². The second kappa shape index (κ2) is 14.2. The lowest BCUT2D eigenvalue weighted by molar-refractivity contribution is -0.142. The van der Waals surface area contributed by atoms with E-state index >= 15 is 0 Å². The number of aromatic nitrogens is 1. The van der Waals surface area contributed by atoms with E-state index < -0.39 is 68.7 Å². The largest absolute Gasteiger partial charge is 0.472 e. The fourth-order valence-corrected chi connectivity index (χ4v) is 7.00. The van der Waals surface area contributed by atoms with Crippen molar-refractivity contribution in [1.29, 1.82) is 0 Å². The van der Waals surface area contributed by atoms with Crippen LogP contribution in [0, 0.1) is 17.3 Å². The smallest absolute Gasteiger partial charge is 0.407 e. The van der Waals surface area contributed by atoms with Gasteiger partial charge in [-0.25, -0.2) is 18.2 Å². The molecule has 256 valence electrons. The van der Waals surface area contributed by atoms with Crippen molar-refractivity contribution < 1.29 is 37.1 Å². The number of amides is 4. The zero-order valence-corrected chi connectivity index (χ0v) is 28.1. The van der Waals surface area contributed by atoms with Crippen molar-refractivity contribution in [3.05, 3.63) is 48.7 Å². The van der Waals surface area contributed by atoms with Crippen LogP contribution in [0.1, 0.15) is 64.9 Å². The van der Waals surface area contributed by atoms with E-state index in [2.05, 4.69) is 38.8 Å². The van der Waals surface area contributed by atoms with Gasteiger partial charge >= 0.3 is 6.09 Å². The van der Waals surface area contributed by atoms with E-state index in [-0.39, 0.29) is 26.0 Å². The van der Waals surface area contributed by atoms with E-state index in [9.17, 15) is 27.6 Å². The summed E-state index contributed by atoms with van der Waals surface area (Å²) in [5.74, 6) is 4.38. The van der Waals surface area contributed by atoms with E-state index in [1.54, 1.807) is 27.0 Å². The highest BCUT2D eigenvalue weighted by atomic mass is 32.2. The highest BCUT2D eigenvalue weighted by molar-refractivity contribution is 7.90. The number of ether oxygens (including phenoxy) is 2. The predicted octanol–water partition coefficient (Wildman–Crippen LogP) is 2.54. The summed E-state index contributed by atoms with van der Waals surface area (Å²) in [4.78, 5) is 59.8. The lowest BCUT2D eigenvalue weighted by Gasteiger charge is -2.35. The Morgan fingerprint density at radius 3 is 2.71 bits per heavy atom. The SMILES string of the molecule is C=CCC(NC(=O)[C@@H]1C[C@@H]2CN1C(=O)[C@H](C(C)(C)C)NC(=O)OCCCC#Cc1ccc3ccnc(c3c1)O2)C(=O)NS(=O)(=O)C1CC1. The lowest BCUT2D eigenvalue weighted by Crippen LogP contribution is -2.59. The van der Waals surface area contributed by atoms with Crippen LogP contribution in [-0.2, 0) is 29.1 Å². The average molecular weight is 680 g/mol. The number of pyridine rings is 1. The molecule has 2 aliphatic heterocycles. The van der Waals surface area contributed by atoms with Gasteiger partial charge in [-0.1, -0.05) is 44.8 Å². The molecular formula is C34H41N5O8S. The van der Waals surface area contributed by atoms with Crippen molar-refractivity contribution in [1.82, 2.24) is 25.2 Å². The van der Waals surface area contributed by atoms with Crippen molar-refractivity contribution in [2.24, 2.45) is 5.41 Å². The summed E-state index contributed by atoms with van der Waals surface area (Å²) in [7, 11) is -3.87. The molecule has 3 aliphatic rings. The predicted molar refractivity (Wildman–Crippen MR) is 177 cm³/mol. The van der Waals surface area contributed by atoms with E-state index in [1.165, 1.54) is 11.0 Å². The number of hydrogen-bond donors (Lipinski definition) is 3. The van der Waals surface area contributed by atoms with E-state index in [4.69, 9.17) is 9.47 Å². The maximum absolute atomic E-state index is 14.3. The van der Waals surface area contributed by atoms with Crippen LogP contribution < -0.4 is 20.1 Å². The van der Waals surface area contributed by atoms with Crippen LogP contribution in [0.4, 0.5) is 4.79 Å². The first-order chi connectivity index (χ1) is 22.8. The molecule has 48 heavy (non-hydrogen) atoms. The van der Waals surface area contributed by atoms with Crippen LogP contribution in [0.15, 0.2) is 43.1 Å². The molecule has 4 atom stereocenters. The van der Waals surface area contributed by atoms with Gasteiger partial charge in [-0.3, -0.25) is 19.1 Å². The number of carbonyl (C=O) groups excluding carboxylic acids is 4. The lowest BCUT2D eigenvalue weighted by atomic mass is 9.85. The van der Waals surface area contributed by atoms with Crippen molar-refractivity contribution in [2.75, 3.05) is 13.2 Å². The summed E-state index contributed by atoms with van der Waals surface area (Å²) in [6.07, 6.45) is 3.36. The number of alkyl carbamates (subject to hydrolysis) is 1. The molecule has 1 aromatic heterocycles. The molecular weight excluding hydrogens is 638 g/mol. The van der Waals surface area contributed by atoms with Crippen LogP contribution in [-0.4, -0.2) is 84.7 Å². The van der Waals surface area contributed by atoms with Gasteiger partial charge in [-0.05, 0) is 54.7 Å². The third-order valence-electron chi connectivity index (χ3n) is 8.38. The number of sulfonamides is 1. The van der Waals surface area contributed by atoms with Crippen LogP contribution in [0.5, 0.6) is 5.88 Å². The Morgan fingerprint density at radius 1 is 1.23 bits per heavy atom. The molecule has 0 radical (unpaired) electrons. The normalized spacial score (nSPS) is 22.6. The molecule has 2 aromatic rings. The number of nitrogens with zero attached hydrogens (tertiary/aromatic N) is 2. The molecule has 1 aliphatic carbocycles. The zero-order chi connectivity index (χ0) is 34.6. The number of benzene rings is 1. The molecule has 3 heterocycles. The van der Waals surface area contributed by atoms with Crippen molar-refractivity contribution >= 4 is 44.6 Å². The molecule has 1 unspecified atom stereocenters. The van der Waals surface area contributed by atoms with Crippen LogP contribution in [0.3, 0.4) is 0 Å². The first-order valence-corrected chi connectivity index (χ1v) is 17.6. The summed E-state index contributed by atoms with van der Waals surface area (Å²) >= 11 is 0. The molecule has 4 bridgehead atoms. The van der Waals surface area contributed by atoms with Gasteiger partial charge in [0.05, 0.1) is 18.4 Å². The molecule has 3 N–H and O–H groups in total. The number of cyclic esters (lactones) is 1. The van der Waals surface area contributed by atoms with Gasteiger partial charge < -0.3 is 25.0 Å². The number of nitrogens with one attached hydrogen (secondary N) is 3. The topological polar surface area (TPSA) is 173 Å². The van der Waals surface area contributed by atoms with Gasteiger partial charge in [0.25, 0.3) is 5.91 Å². The summed E-state index contributed by atoms with van der Waals surface area (Å²) in [5.41, 5.74) is -0.0536. The Morgan fingerprint density at radius 2 is 2.00 bits per heavy atom. The van der Waals surface area contributed by atoms with E-state index in [0.29, 0.717) is 36.9 Å². The maximum Gasteiger partial charge on any atom is 0.407 e. The number of fused-ring (bicyclic) bond motifs is 3. The summed E-state index contributed by atoms with van der Waals surface area (Å²) < 4.78 is 38.7. The first-order valence-electron chi connectivity index (χ1n) is 16.0. The molecule has 2 fully saturated rings. The Balaban J connectivity index is 1.48. The number of rotatable bonds is 7. The molecule has 13 nitrogen and oxygen atoms in total. The van der Waals surface area contributed by atoms with Gasteiger partial charge in [-0.2, -0.15) is 0 Å². The highest BCUT2D eigenvalue weighted by Crippen LogP contribution is 2.31. The molecule has 1 aromatic carbocycles. The Labute approximate surface area is 280 Å². The van der Waals surface area contributed by atoms with Crippen molar-refractivity contribution in [3.8, 4) is 17.7 Å². The van der Waals surface area contributed by atoms with Gasteiger partial charge in [-0.15, -0.1) is 6.58 Å². The van der Waals surface area contributed by atoms with Crippen molar-refractivity contribution in [3.63, 3.8) is 0 Å². The Hall–Kier alpha value is -4.64. The minimum absolute atomic E-state index is 0.0270. The van der Waals surface area contributed by atoms with Crippen molar-refractivity contribution in [2.45, 2.75) is 88.8 Å². The molecule has 4 amide bonds. The fraction of sp³-hybridized carbons (Fsp3) is 0.500. The number of carbonyl (C=O) groups is 4. The molecule has 5 rings (SSSR count). The zero-order valence-electron chi connectivity index (χ0n) is 27.3. The van der Waals surface area contributed by atoms with Crippen LogP contribution in [0.25, 0.3) is 10.8 Å². The van der Waals surface area contributed by atoms with Gasteiger partial charge in [0, 0.05) is 30.0 Å². The van der Waals surface area contributed by atoms with Gasteiger partial charge in [0.1, 0.15) is 24.2 Å². The second-order valence-electron chi connectivity index (χ2n) is 13.3. The first kappa shape index (κ1) is 34.7. The molecule has 1 saturated heterocycles. The Bertz CT molecular complexity index is 1770. The number of hydrogen-bond acceptors (Lipinski definition) is 9. The third-order valence-corrected chi connectivity index (χ3v) is 10.2. The summed E-state index contributed by atoms with van der Waals surface area (Å²) in [6, 6.07) is 4.01. The van der Waals surface area contributed by atoms with Gasteiger partial charge in [0.15, 0.2) is 0 Å². The Kier molecular flexibility index (Phi) is 10.3.